The number of aliphatic hydroxyl groups is 2. The number of benzene rings is 1. The Balaban J connectivity index is 0.000000452. The second-order valence-electron chi connectivity index (χ2n) is 12.7. The summed E-state index contributed by atoms with van der Waals surface area (Å²) in [6.45, 7) is 18.5. The lowest BCUT2D eigenvalue weighted by Crippen LogP contribution is -2.33. The number of aryl methyl sites for hydroxylation is 1. The summed E-state index contributed by atoms with van der Waals surface area (Å²) in [6.07, 6.45) is 14.8. The van der Waals surface area contributed by atoms with Gasteiger partial charge >= 0.3 is 5.97 Å². The van der Waals surface area contributed by atoms with E-state index in [-0.39, 0.29) is 23.6 Å². The minimum Gasteiger partial charge on any atom is -0.464 e. The number of esters is 1. The lowest BCUT2D eigenvalue weighted by molar-refractivity contribution is -0.144. The predicted molar refractivity (Wildman–Crippen MR) is 173 cm³/mol. The number of ether oxygens (including phenoxy) is 1. The topological polar surface area (TPSA) is 70.0 Å². The molecule has 0 saturated heterocycles. The highest BCUT2D eigenvalue weighted by Gasteiger charge is 2.30. The molecule has 1 fully saturated rings. The van der Waals surface area contributed by atoms with Gasteiger partial charge in [-0.2, -0.15) is 0 Å². The number of rotatable bonds is 18. The maximum Gasteiger partial charge on any atom is 0.305 e. The van der Waals surface area contributed by atoms with Gasteiger partial charge in [0.05, 0.1) is 12.2 Å². The molecular formula is C36H63NO4. The van der Waals surface area contributed by atoms with Gasteiger partial charge in [0, 0.05) is 18.4 Å². The first-order valence-electron chi connectivity index (χ1n) is 16.5. The first-order chi connectivity index (χ1) is 19.6. The number of carbonyl (C=O) groups is 1. The average Bonchev–Trinajstić information content (AvgIpc) is 3.26. The van der Waals surface area contributed by atoms with Crippen molar-refractivity contribution in [2.75, 3.05) is 26.2 Å². The molecule has 2 N–H and O–H groups in total. The largest absolute Gasteiger partial charge is 0.464 e. The summed E-state index contributed by atoms with van der Waals surface area (Å²) in [4.78, 5) is 14.1. The zero-order valence-corrected chi connectivity index (χ0v) is 27.5. The third kappa shape index (κ3) is 14.9. The van der Waals surface area contributed by atoms with Crippen molar-refractivity contribution in [1.29, 1.82) is 0 Å². The van der Waals surface area contributed by atoms with E-state index in [0.29, 0.717) is 24.9 Å². The minimum atomic E-state index is -0.254. The third-order valence-corrected chi connectivity index (χ3v) is 8.75. The Morgan fingerprint density at radius 2 is 1.68 bits per heavy atom. The van der Waals surface area contributed by atoms with Gasteiger partial charge in [-0.15, -0.1) is 0 Å². The van der Waals surface area contributed by atoms with Gasteiger partial charge in [-0.05, 0) is 88.8 Å². The quantitative estimate of drug-likeness (QED) is 0.106. The number of unbranched alkanes of at least 4 members (excludes halogenated alkanes) is 2. The van der Waals surface area contributed by atoms with E-state index < -0.39 is 0 Å². The lowest BCUT2D eigenvalue weighted by Gasteiger charge is -2.31. The zero-order chi connectivity index (χ0) is 30.7. The van der Waals surface area contributed by atoms with Crippen molar-refractivity contribution in [3.63, 3.8) is 0 Å². The Morgan fingerprint density at radius 1 is 1.02 bits per heavy atom. The van der Waals surface area contributed by atoms with E-state index in [1.165, 1.54) is 11.1 Å². The smallest absolute Gasteiger partial charge is 0.305 e. The standard InChI is InChI=1S/C21H39NO3.C15H24O/c1-4-14-22(15-5-2)16-17-25-21(24)11-9-7-6-8-10-19-12-13-20(23)18(19)3;1-5-6-7-14(16)15(3,4)13-10-8-12(2)9-11-13/h6,8,18-20,23H,4-5,7,9-17H2,1-3H3;8-11,14,16H,5-7H2,1-4H3/b8-6-;/t18?,19-,20+;/m0./s1. The molecule has 1 aliphatic carbocycles. The molecule has 0 spiro atoms. The molecular weight excluding hydrogens is 510 g/mol. The average molecular weight is 574 g/mol. The molecule has 0 aromatic heterocycles. The minimum absolute atomic E-state index is 0.0751. The fraction of sp³-hybridized carbons (Fsp3) is 0.750. The van der Waals surface area contributed by atoms with Gasteiger partial charge in [0.15, 0.2) is 0 Å². The SMILES string of the molecule is CCCCC(O)C(C)(C)c1ccc(C)cc1.CCCN(CCC)CCOC(=O)CCC/C=C\C[C@H]1CC[C@@H](O)C1C. The maximum absolute atomic E-state index is 11.8. The van der Waals surface area contributed by atoms with Crippen LogP contribution in [-0.2, 0) is 14.9 Å². The van der Waals surface area contributed by atoms with E-state index in [1.54, 1.807) is 0 Å². The fourth-order valence-electron chi connectivity index (χ4n) is 5.57. The van der Waals surface area contributed by atoms with Crippen molar-refractivity contribution in [3.8, 4) is 0 Å². The number of nitrogens with zero attached hydrogens (tertiary/aromatic N) is 1. The summed E-state index contributed by atoms with van der Waals surface area (Å²) in [5.74, 6) is 0.957. The van der Waals surface area contributed by atoms with Gasteiger partial charge in [0.2, 0.25) is 0 Å². The molecule has 1 aromatic carbocycles. The molecule has 41 heavy (non-hydrogen) atoms. The Bertz CT molecular complexity index is 828. The Morgan fingerprint density at radius 3 is 2.24 bits per heavy atom. The van der Waals surface area contributed by atoms with E-state index >= 15 is 0 Å². The monoisotopic (exact) mass is 573 g/mol. The van der Waals surface area contributed by atoms with Crippen LogP contribution in [0.5, 0.6) is 0 Å². The van der Waals surface area contributed by atoms with Crippen molar-refractivity contribution in [1.82, 2.24) is 4.90 Å². The van der Waals surface area contributed by atoms with Crippen LogP contribution in [0.3, 0.4) is 0 Å². The van der Waals surface area contributed by atoms with Gasteiger partial charge in [0.25, 0.3) is 0 Å². The molecule has 1 aromatic rings. The lowest BCUT2D eigenvalue weighted by atomic mass is 9.77. The van der Waals surface area contributed by atoms with Gasteiger partial charge in [0.1, 0.15) is 6.61 Å². The predicted octanol–water partition coefficient (Wildman–Crippen LogP) is 8.00. The molecule has 0 aliphatic heterocycles. The van der Waals surface area contributed by atoms with Gasteiger partial charge in [-0.25, -0.2) is 0 Å². The molecule has 1 saturated carbocycles. The van der Waals surface area contributed by atoms with Gasteiger partial charge in [-0.1, -0.05) is 96.4 Å². The number of hydrogen-bond acceptors (Lipinski definition) is 5. The summed E-state index contributed by atoms with van der Waals surface area (Å²) < 4.78 is 5.35. The van der Waals surface area contributed by atoms with Crippen LogP contribution in [0, 0.1) is 18.8 Å². The summed E-state index contributed by atoms with van der Waals surface area (Å²) in [5.41, 5.74) is 2.34. The molecule has 5 heteroatoms. The normalized spacial score (nSPS) is 19.8. The molecule has 0 bridgehead atoms. The third-order valence-electron chi connectivity index (χ3n) is 8.75. The van der Waals surface area contributed by atoms with Crippen LogP contribution in [0.15, 0.2) is 36.4 Å². The molecule has 0 radical (unpaired) electrons. The number of aliphatic hydroxyl groups excluding tert-OH is 2. The Labute approximate surface area is 252 Å². The fourth-order valence-corrected chi connectivity index (χ4v) is 5.57. The van der Waals surface area contributed by atoms with Crippen LogP contribution in [0.2, 0.25) is 0 Å². The molecule has 2 unspecified atom stereocenters. The second-order valence-corrected chi connectivity index (χ2v) is 12.7. The molecule has 0 amide bonds. The second kappa shape index (κ2) is 21.1. The number of allylic oxidation sites excluding steroid dienone is 2. The van der Waals surface area contributed by atoms with E-state index in [4.69, 9.17) is 4.74 Å². The Hall–Kier alpha value is -1.69. The van der Waals surface area contributed by atoms with Gasteiger partial charge < -0.3 is 14.9 Å². The van der Waals surface area contributed by atoms with Crippen molar-refractivity contribution in [2.24, 2.45) is 11.8 Å². The highest BCUT2D eigenvalue weighted by molar-refractivity contribution is 5.69. The van der Waals surface area contributed by atoms with Crippen molar-refractivity contribution in [3.05, 3.63) is 47.5 Å². The molecule has 2 rings (SSSR count). The molecule has 236 valence electrons. The summed E-state index contributed by atoms with van der Waals surface area (Å²) in [5, 5.41) is 20.0. The van der Waals surface area contributed by atoms with E-state index in [0.717, 1.165) is 83.8 Å². The molecule has 1 aliphatic rings. The highest BCUT2D eigenvalue weighted by Crippen LogP contribution is 2.34. The maximum atomic E-state index is 11.8. The van der Waals surface area contributed by atoms with E-state index in [2.05, 4.69) is 89.8 Å². The van der Waals surface area contributed by atoms with Gasteiger partial charge in [-0.3, -0.25) is 9.69 Å². The number of carbonyl (C=O) groups excluding carboxylic acids is 1. The van der Waals surface area contributed by atoms with Crippen LogP contribution in [0.25, 0.3) is 0 Å². The summed E-state index contributed by atoms with van der Waals surface area (Å²) in [6, 6.07) is 8.49. The van der Waals surface area contributed by atoms with Crippen LogP contribution in [0.4, 0.5) is 0 Å². The first kappa shape index (κ1) is 37.3. The van der Waals surface area contributed by atoms with Crippen molar-refractivity contribution in [2.45, 2.75) is 137 Å². The van der Waals surface area contributed by atoms with E-state index in [1.807, 2.05) is 0 Å². The van der Waals surface area contributed by atoms with Crippen LogP contribution in [0.1, 0.15) is 123 Å². The molecule has 5 nitrogen and oxygen atoms in total. The van der Waals surface area contributed by atoms with E-state index in [9.17, 15) is 15.0 Å². The summed E-state index contributed by atoms with van der Waals surface area (Å²) >= 11 is 0. The van der Waals surface area contributed by atoms with Crippen molar-refractivity contribution >= 4 is 5.97 Å². The molecule has 0 heterocycles. The zero-order valence-electron chi connectivity index (χ0n) is 27.5. The van der Waals surface area contributed by atoms with Crippen molar-refractivity contribution < 1.29 is 19.7 Å². The van der Waals surface area contributed by atoms with Crippen LogP contribution in [-0.4, -0.2) is 59.5 Å². The molecule has 4 atom stereocenters. The Kier molecular flexibility index (Phi) is 19.2. The van der Waals surface area contributed by atoms with Crippen LogP contribution < -0.4 is 0 Å². The summed E-state index contributed by atoms with van der Waals surface area (Å²) in [7, 11) is 0. The van der Waals surface area contributed by atoms with Crippen LogP contribution >= 0.6 is 0 Å². The highest BCUT2D eigenvalue weighted by atomic mass is 16.5. The number of hydrogen-bond donors (Lipinski definition) is 2. The first-order valence-corrected chi connectivity index (χ1v) is 16.5.